The summed E-state index contributed by atoms with van der Waals surface area (Å²) >= 11 is 0. The highest BCUT2D eigenvalue weighted by Crippen LogP contribution is 2.76. The van der Waals surface area contributed by atoms with Gasteiger partial charge in [0.05, 0.1) is 0 Å². The van der Waals surface area contributed by atoms with Crippen molar-refractivity contribution in [3.63, 3.8) is 0 Å². The number of aliphatic hydroxyl groups excluding tert-OH is 1. The van der Waals surface area contributed by atoms with E-state index >= 15 is 0 Å². The zero-order valence-electron chi connectivity index (χ0n) is 12.1. The zero-order chi connectivity index (χ0) is 12.6. The van der Waals surface area contributed by atoms with Crippen molar-refractivity contribution >= 4 is 0 Å². The molecule has 3 fully saturated rings. The molecule has 3 saturated carbocycles. The first-order valence-corrected chi connectivity index (χ1v) is 7.37. The lowest BCUT2D eigenvalue weighted by molar-refractivity contribution is 0.0828. The third-order valence-corrected chi connectivity index (χ3v) is 7.40. The minimum Gasteiger partial charge on any atom is -0.396 e. The number of fused-ring (bicyclic) bond motifs is 1. The molecule has 0 radical (unpaired) electrons. The van der Waals surface area contributed by atoms with Crippen molar-refractivity contribution in [1.29, 1.82) is 0 Å². The highest BCUT2D eigenvalue weighted by atomic mass is 16.3. The molecule has 0 bridgehead atoms. The summed E-state index contributed by atoms with van der Waals surface area (Å²) in [6, 6.07) is 0. The Labute approximate surface area is 106 Å². The molecule has 6 atom stereocenters. The van der Waals surface area contributed by atoms with Crippen LogP contribution < -0.4 is 0 Å². The summed E-state index contributed by atoms with van der Waals surface area (Å²) in [7, 11) is 0. The molecule has 3 aliphatic carbocycles. The minimum absolute atomic E-state index is 0.253. The van der Waals surface area contributed by atoms with Gasteiger partial charge in [-0.25, -0.2) is 0 Å². The summed E-state index contributed by atoms with van der Waals surface area (Å²) in [5.74, 6) is 3.46. The van der Waals surface area contributed by atoms with Crippen LogP contribution in [-0.4, -0.2) is 11.7 Å². The highest BCUT2D eigenvalue weighted by Gasteiger charge is 2.69. The monoisotopic (exact) mass is 236 g/mol. The Balaban J connectivity index is 1.75. The summed E-state index contributed by atoms with van der Waals surface area (Å²) in [6.07, 6.45) is 4.16. The zero-order valence-corrected chi connectivity index (χ0v) is 12.1. The summed E-state index contributed by atoms with van der Waals surface area (Å²) in [5, 5.41) is 9.47. The van der Waals surface area contributed by atoms with Gasteiger partial charge in [-0.3, -0.25) is 0 Å². The van der Waals surface area contributed by atoms with E-state index in [9.17, 15) is 5.11 Å². The second-order valence-electron chi connectivity index (χ2n) is 8.36. The van der Waals surface area contributed by atoms with Crippen molar-refractivity contribution in [3.05, 3.63) is 0 Å². The number of hydrogen-bond acceptors (Lipinski definition) is 1. The van der Waals surface area contributed by atoms with Gasteiger partial charge in [0, 0.05) is 6.61 Å². The van der Waals surface area contributed by atoms with E-state index in [0.717, 1.165) is 23.7 Å². The lowest BCUT2D eigenvalue weighted by Gasteiger charge is -2.39. The van der Waals surface area contributed by atoms with Gasteiger partial charge in [0.2, 0.25) is 0 Å². The summed E-state index contributed by atoms with van der Waals surface area (Å²) in [4.78, 5) is 0. The molecular weight excluding hydrogens is 208 g/mol. The van der Waals surface area contributed by atoms with Gasteiger partial charge in [0.1, 0.15) is 0 Å². The smallest absolute Gasteiger partial charge is 0.0487 e. The molecule has 98 valence electrons. The molecule has 0 aromatic rings. The van der Waals surface area contributed by atoms with Crippen molar-refractivity contribution in [3.8, 4) is 0 Å². The average molecular weight is 236 g/mol. The standard InChI is InChI=1S/C16H28O/c1-10(13-8-15(13,4)9-17)12-6-11-7-16(11,5)14(12,2)3/h10-13,17H,6-9H2,1-5H3. The Morgan fingerprint density at radius 1 is 1.12 bits per heavy atom. The molecule has 3 aliphatic rings. The number of aliphatic hydroxyl groups is 1. The normalized spacial score (nSPS) is 56.5. The van der Waals surface area contributed by atoms with Gasteiger partial charge in [-0.2, -0.15) is 0 Å². The van der Waals surface area contributed by atoms with Crippen LogP contribution in [0.15, 0.2) is 0 Å². The largest absolute Gasteiger partial charge is 0.396 e. The van der Waals surface area contributed by atoms with Crippen LogP contribution in [0.5, 0.6) is 0 Å². The summed E-state index contributed by atoms with van der Waals surface area (Å²) in [6.45, 7) is 12.6. The molecule has 17 heavy (non-hydrogen) atoms. The quantitative estimate of drug-likeness (QED) is 0.792. The van der Waals surface area contributed by atoms with Crippen LogP contribution in [0.1, 0.15) is 53.9 Å². The second kappa shape index (κ2) is 3.10. The Morgan fingerprint density at radius 2 is 1.76 bits per heavy atom. The first-order chi connectivity index (χ1) is 7.76. The van der Waals surface area contributed by atoms with Crippen molar-refractivity contribution in [1.82, 2.24) is 0 Å². The first-order valence-electron chi connectivity index (χ1n) is 7.37. The van der Waals surface area contributed by atoms with Crippen LogP contribution in [0.4, 0.5) is 0 Å². The van der Waals surface area contributed by atoms with Gasteiger partial charge in [0.25, 0.3) is 0 Å². The van der Waals surface area contributed by atoms with E-state index in [1.54, 1.807) is 0 Å². The highest BCUT2D eigenvalue weighted by molar-refractivity contribution is 5.18. The lowest BCUT2D eigenvalue weighted by Crippen LogP contribution is -2.33. The predicted molar refractivity (Wildman–Crippen MR) is 70.6 cm³/mol. The van der Waals surface area contributed by atoms with Gasteiger partial charge in [-0.05, 0) is 59.2 Å². The lowest BCUT2D eigenvalue weighted by atomic mass is 9.65. The van der Waals surface area contributed by atoms with Crippen LogP contribution in [-0.2, 0) is 0 Å². The maximum atomic E-state index is 9.47. The van der Waals surface area contributed by atoms with Crippen LogP contribution >= 0.6 is 0 Å². The van der Waals surface area contributed by atoms with Crippen LogP contribution in [0.2, 0.25) is 0 Å². The van der Waals surface area contributed by atoms with Crippen LogP contribution in [0.3, 0.4) is 0 Å². The van der Waals surface area contributed by atoms with Gasteiger partial charge < -0.3 is 5.11 Å². The number of rotatable bonds is 3. The van der Waals surface area contributed by atoms with E-state index in [4.69, 9.17) is 0 Å². The van der Waals surface area contributed by atoms with Crippen molar-refractivity contribution in [2.24, 2.45) is 39.9 Å². The minimum atomic E-state index is 0.253. The molecule has 0 aliphatic heterocycles. The third-order valence-electron chi connectivity index (χ3n) is 7.40. The summed E-state index contributed by atoms with van der Waals surface area (Å²) < 4.78 is 0. The first kappa shape index (κ1) is 12.0. The molecule has 0 amide bonds. The van der Waals surface area contributed by atoms with E-state index in [0.29, 0.717) is 17.4 Å². The maximum absolute atomic E-state index is 9.47. The van der Waals surface area contributed by atoms with Gasteiger partial charge >= 0.3 is 0 Å². The molecule has 0 spiro atoms. The third kappa shape index (κ3) is 1.35. The SMILES string of the molecule is CC(C1CC1(C)CO)C1CC2CC2(C)C1(C)C. The fraction of sp³-hybridized carbons (Fsp3) is 1.00. The predicted octanol–water partition coefficient (Wildman–Crippen LogP) is 3.71. The Kier molecular flexibility index (Phi) is 2.19. The fourth-order valence-electron chi connectivity index (χ4n) is 5.21. The van der Waals surface area contributed by atoms with E-state index < -0.39 is 0 Å². The Morgan fingerprint density at radius 3 is 2.18 bits per heavy atom. The Bertz CT molecular complexity index is 347. The van der Waals surface area contributed by atoms with E-state index in [1.807, 2.05) is 0 Å². The van der Waals surface area contributed by atoms with Crippen LogP contribution in [0.25, 0.3) is 0 Å². The molecule has 3 rings (SSSR count). The average Bonchev–Trinajstić information content (AvgIpc) is 3.10. The van der Waals surface area contributed by atoms with Gasteiger partial charge in [-0.15, -0.1) is 0 Å². The maximum Gasteiger partial charge on any atom is 0.0487 e. The molecule has 0 heterocycles. The van der Waals surface area contributed by atoms with E-state index in [2.05, 4.69) is 34.6 Å². The molecule has 0 aromatic heterocycles. The van der Waals surface area contributed by atoms with E-state index in [-0.39, 0.29) is 5.41 Å². The number of hydrogen-bond donors (Lipinski definition) is 1. The molecule has 0 saturated heterocycles. The van der Waals surface area contributed by atoms with Gasteiger partial charge in [0.15, 0.2) is 0 Å². The summed E-state index contributed by atoms with van der Waals surface area (Å²) in [5.41, 5.74) is 1.40. The van der Waals surface area contributed by atoms with Gasteiger partial charge in [-0.1, -0.05) is 34.6 Å². The van der Waals surface area contributed by atoms with Crippen LogP contribution in [0, 0.1) is 39.9 Å². The molecule has 1 N–H and O–H groups in total. The topological polar surface area (TPSA) is 20.2 Å². The Hall–Kier alpha value is -0.0400. The molecule has 1 heteroatoms. The van der Waals surface area contributed by atoms with Crippen molar-refractivity contribution in [2.75, 3.05) is 6.61 Å². The fourth-order valence-corrected chi connectivity index (χ4v) is 5.21. The molecular formula is C16H28O. The second-order valence-corrected chi connectivity index (χ2v) is 8.36. The molecule has 6 unspecified atom stereocenters. The molecule has 0 aromatic carbocycles. The molecule has 1 nitrogen and oxygen atoms in total. The van der Waals surface area contributed by atoms with Crippen molar-refractivity contribution < 1.29 is 5.11 Å². The van der Waals surface area contributed by atoms with E-state index in [1.165, 1.54) is 19.3 Å². The van der Waals surface area contributed by atoms with Crippen molar-refractivity contribution in [2.45, 2.75) is 53.9 Å².